The van der Waals surface area contributed by atoms with Gasteiger partial charge in [0.1, 0.15) is 10.1 Å². The highest BCUT2D eigenvalue weighted by molar-refractivity contribution is 7.85. The lowest BCUT2D eigenvalue weighted by Gasteiger charge is -2.28. The molecule has 278 valence electrons. The van der Waals surface area contributed by atoms with Gasteiger partial charge in [-0.05, 0) is 75.8 Å². The standard InChI is InChI=1S/C24H52P.C18H30O3S/c1-5-9-13-17-21-25(22-18-14-10-6-2,23-19-15-11-7-3)24-20-16-12-8-4;1-2-3-4-5-6-7-8-9-10-11-14-17-15-12-13-16-18(17)22(19,20)21/h5-24H2,1-4H3;12-13,15-16H,2-11,14H2,1H3,(H,19,20,21)/q+1;/p-1. The van der Waals surface area contributed by atoms with E-state index in [4.69, 9.17) is 0 Å². The lowest BCUT2D eigenvalue weighted by molar-refractivity contribution is 0.461. The van der Waals surface area contributed by atoms with Crippen molar-refractivity contribution >= 4 is 17.4 Å². The largest absolute Gasteiger partial charge is 0.744 e. The van der Waals surface area contributed by atoms with Gasteiger partial charge in [-0.25, -0.2) is 8.42 Å². The molecule has 47 heavy (non-hydrogen) atoms. The third-order valence-corrected chi connectivity index (χ3v) is 16.0. The fourth-order valence-corrected chi connectivity index (χ4v) is 12.6. The minimum atomic E-state index is -4.35. The molecule has 1 rings (SSSR count). The molecular formula is C42H81O3PS. The topological polar surface area (TPSA) is 57.2 Å². The van der Waals surface area contributed by atoms with Crippen molar-refractivity contribution in [3.05, 3.63) is 29.8 Å². The zero-order valence-corrected chi connectivity index (χ0v) is 34.0. The van der Waals surface area contributed by atoms with Crippen LogP contribution in [0.1, 0.15) is 207 Å². The van der Waals surface area contributed by atoms with Crippen LogP contribution in [0.5, 0.6) is 0 Å². The molecule has 0 aliphatic rings. The molecule has 0 spiro atoms. The monoisotopic (exact) mass is 697 g/mol. The smallest absolute Gasteiger partial charge is 0.124 e. The second-order valence-corrected chi connectivity index (χ2v) is 20.3. The predicted molar refractivity (Wildman–Crippen MR) is 213 cm³/mol. The van der Waals surface area contributed by atoms with Crippen molar-refractivity contribution in [3.63, 3.8) is 0 Å². The van der Waals surface area contributed by atoms with Crippen molar-refractivity contribution in [1.82, 2.24) is 0 Å². The molecule has 0 aliphatic carbocycles. The zero-order chi connectivity index (χ0) is 34.9. The number of unbranched alkanes of at least 4 members (excludes halogenated alkanes) is 21. The van der Waals surface area contributed by atoms with Gasteiger partial charge < -0.3 is 4.55 Å². The molecule has 1 aromatic carbocycles. The summed E-state index contributed by atoms with van der Waals surface area (Å²) < 4.78 is 33.5. The van der Waals surface area contributed by atoms with Crippen LogP contribution in [0.15, 0.2) is 29.2 Å². The summed E-state index contributed by atoms with van der Waals surface area (Å²) in [4.78, 5) is -0.0501. The van der Waals surface area contributed by atoms with E-state index >= 15 is 0 Å². The Hall–Kier alpha value is -0.440. The van der Waals surface area contributed by atoms with Crippen LogP contribution in [0, 0.1) is 0 Å². The summed E-state index contributed by atoms with van der Waals surface area (Å²) in [6, 6.07) is 6.56. The Morgan fingerprint density at radius 3 is 1.09 bits per heavy atom. The summed E-state index contributed by atoms with van der Waals surface area (Å²) in [6.07, 6.45) is 43.2. The first-order valence-corrected chi connectivity index (χ1v) is 24.6. The van der Waals surface area contributed by atoms with Crippen molar-refractivity contribution in [3.8, 4) is 0 Å². The minimum absolute atomic E-state index is 0.0501. The summed E-state index contributed by atoms with van der Waals surface area (Å²) in [5.74, 6) is 0. The molecule has 0 fully saturated rings. The van der Waals surface area contributed by atoms with Crippen LogP contribution in [0.3, 0.4) is 0 Å². The highest BCUT2D eigenvalue weighted by atomic mass is 32.2. The lowest BCUT2D eigenvalue weighted by Crippen LogP contribution is -2.13. The molecule has 0 saturated carbocycles. The van der Waals surface area contributed by atoms with Crippen LogP contribution >= 0.6 is 7.26 Å². The summed E-state index contributed by atoms with van der Waals surface area (Å²) in [5.41, 5.74) is 0.664. The van der Waals surface area contributed by atoms with Gasteiger partial charge in [0.2, 0.25) is 0 Å². The molecule has 0 N–H and O–H groups in total. The molecule has 3 nitrogen and oxygen atoms in total. The Labute approximate surface area is 296 Å². The molecule has 0 aliphatic heterocycles. The molecule has 0 aromatic heterocycles. The second kappa shape index (κ2) is 32.7. The first-order chi connectivity index (χ1) is 22.8. The van der Waals surface area contributed by atoms with Crippen LogP contribution in [0.2, 0.25) is 0 Å². The average molecular weight is 697 g/mol. The maximum absolute atomic E-state index is 11.2. The van der Waals surface area contributed by atoms with E-state index in [-0.39, 0.29) is 4.90 Å². The summed E-state index contributed by atoms with van der Waals surface area (Å²) in [7, 11) is -5.00. The van der Waals surface area contributed by atoms with Crippen molar-refractivity contribution in [2.45, 2.75) is 213 Å². The van der Waals surface area contributed by atoms with Gasteiger partial charge in [0.25, 0.3) is 0 Å². The maximum atomic E-state index is 11.2. The number of hydrogen-bond donors (Lipinski definition) is 0. The molecule has 0 radical (unpaired) electrons. The fraction of sp³-hybridized carbons (Fsp3) is 0.857. The van der Waals surface area contributed by atoms with E-state index in [9.17, 15) is 13.0 Å². The van der Waals surface area contributed by atoms with Crippen LogP contribution in [0.25, 0.3) is 0 Å². The fourth-order valence-electron chi connectivity index (χ4n) is 6.92. The Morgan fingerprint density at radius 2 is 0.745 bits per heavy atom. The first-order valence-electron chi connectivity index (χ1n) is 20.7. The number of benzene rings is 1. The van der Waals surface area contributed by atoms with Crippen LogP contribution in [-0.4, -0.2) is 37.6 Å². The quantitative estimate of drug-likeness (QED) is 0.0428. The number of hydrogen-bond acceptors (Lipinski definition) is 3. The molecule has 0 heterocycles. The van der Waals surface area contributed by atoms with E-state index < -0.39 is 17.4 Å². The van der Waals surface area contributed by atoms with E-state index in [1.54, 1.807) is 42.8 Å². The summed E-state index contributed by atoms with van der Waals surface area (Å²) in [6.45, 7) is 11.6. The molecule has 5 heteroatoms. The molecule has 1 aromatic rings. The minimum Gasteiger partial charge on any atom is -0.744 e. The van der Waals surface area contributed by atoms with E-state index in [0.29, 0.717) is 12.0 Å². The summed E-state index contributed by atoms with van der Waals surface area (Å²) in [5, 5.41) is 0. The highest BCUT2D eigenvalue weighted by Gasteiger charge is 2.34. The van der Waals surface area contributed by atoms with Crippen molar-refractivity contribution in [1.29, 1.82) is 0 Å². The van der Waals surface area contributed by atoms with E-state index in [2.05, 4.69) is 34.6 Å². The highest BCUT2D eigenvalue weighted by Crippen LogP contribution is 2.61. The SMILES string of the molecule is CCCCCCCCCCCCc1ccccc1S(=O)(=O)[O-].CCCCCC[P+](CCCCCC)(CCCCCC)CCCCCC. The van der Waals surface area contributed by atoms with E-state index in [1.165, 1.54) is 160 Å². The van der Waals surface area contributed by atoms with Gasteiger partial charge in [-0.1, -0.05) is 162 Å². The van der Waals surface area contributed by atoms with Gasteiger partial charge >= 0.3 is 0 Å². The zero-order valence-electron chi connectivity index (χ0n) is 32.3. The van der Waals surface area contributed by atoms with Gasteiger partial charge in [0.15, 0.2) is 0 Å². The van der Waals surface area contributed by atoms with Gasteiger partial charge in [0, 0.05) is 7.26 Å². The van der Waals surface area contributed by atoms with Gasteiger partial charge in [-0.3, -0.25) is 0 Å². The van der Waals surface area contributed by atoms with Gasteiger partial charge in [0.05, 0.1) is 29.5 Å². The lowest BCUT2D eigenvalue weighted by atomic mass is 10.0. The van der Waals surface area contributed by atoms with Gasteiger partial charge in [-0.2, -0.15) is 0 Å². The van der Waals surface area contributed by atoms with Gasteiger partial charge in [-0.15, -0.1) is 0 Å². The summed E-state index contributed by atoms with van der Waals surface area (Å²) >= 11 is 0. The van der Waals surface area contributed by atoms with Crippen molar-refractivity contribution in [2.24, 2.45) is 0 Å². The normalized spacial score (nSPS) is 11.9. The van der Waals surface area contributed by atoms with Crippen LogP contribution < -0.4 is 0 Å². The van der Waals surface area contributed by atoms with Crippen LogP contribution in [0.4, 0.5) is 0 Å². The number of aryl methyl sites for hydroxylation is 1. The second-order valence-electron chi connectivity index (χ2n) is 14.5. The van der Waals surface area contributed by atoms with E-state index in [0.717, 1.165) is 12.8 Å². The predicted octanol–water partition coefficient (Wildman–Crippen LogP) is 14.4. The molecule has 0 saturated heterocycles. The molecule has 0 bridgehead atoms. The maximum Gasteiger partial charge on any atom is 0.124 e. The molecule has 0 atom stereocenters. The molecule has 0 amide bonds. The van der Waals surface area contributed by atoms with Crippen molar-refractivity contribution in [2.75, 3.05) is 24.6 Å². The van der Waals surface area contributed by atoms with Crippen LogP contribution in [-0.2, 0) is 16.5 Å². The third-order valence-electron chi connectivity index (χ3n) is 9.99. The average Bonchev–Trinajstić information content (AvgIpc) is 3.06. The molecule has 0 unspecified atom stereocenters. The molecular weight excluding hydrogens is 616 g/mol. The first kappa shape index (κ1) is 46.6. The van der Waals surface area contributed by atoms with Crippen molar-refractivity contribution < 1.29 is 13.0 Å². The number of rotatable bonds is 32. The Bertz CT molecular complexity index is 847. The Morgan fingerprint density at radius 1 is 0.447 bits per heavy atom. The Balaban J connectivity index is 0.000000907. The third kappa shape index (κ3) is 27.0. The Kier molecular flexibility index (Phi) is 32.4. The van der Waals surface area contributed by atoms with E-state index in [1.807, 2.05) is 0 Å².